The maximum Gasteiger partial charge on any atom is 0.261 e. The number of benzene rings is 1. The van der Waals surface area contributed by atoms with E-state index in [4.69, 9.17) is 0 Å². The van der Waals surface area contributed by atoms with Crippen molar-refractivity contribution in [3.05, 3.63) is 34.7 Å². The van der Waals surface area contributed by atoms with Crippen LogP contribution in [0.4, 0.5) is 0 Å². The normalized spacial score (nSPS) is 18.2. The van der Waals surface area contributed by atoms with Crippen LogP contribution in [-0.2, 0) is 11.2 Å². The number of amides is 2. The van der Waals surface area contributed by atoms with Crippen molar-refractivity contribution >= 4 is 33.2 Å². The minimum Gasteiger partial charge on any atom is -0.349 e. The second kappa shape index (κ2) is 8.21. The van der Waals surface area contributed by atoms with Crippen LogP contribution < -0.4 is 5.32 Å². The second-order valence-electron chi connectivity index (χ2n) is 7.45. The quantitative estimate of drug-likeness (QED) is 0.866. The maximum atomic E-state index is 12.8. The molecule has 0 aliphatic carbocycles. The number of fused-ring (bicyclic) bond motifs is 1. The lowest BCUT2D eigenvalue weighted by atomic mass is 9.98. The van der Waals surface area contributed by atoms with Gasteiger partial charge in [0.1, 0.15) is 0 Å². The zero-order chi connectivity index (χ0) is 18.7. The molecule has 1 N–H and O–H groups in total. The summed E-state index contributed by atoms with van der Waals surface area (Å²) >= 11 is 1.56. The van der Waals surface area contributed by atoms with Gasteiger partial charge in [0, 0.05) is 30.3 Å². The fourth-order valence-electron chi connectivity index (χ4n) is 3.85. The summed E-state index contributed by atoms with van der Waals surface area (Å²) in [4.78, 5) is 27.8. The lowest BCUT2D eigenvalue weighted by Crippen LogP contribution is -2.40. The average Bonchev–Trinajstić information content (AvgIpc) is 2.78. The highest BCUT2D eigenvalue weighted by atomic mass is 32.1. The fourth-order valence-corrected chi connectivity index (χ4v) is 4.99. The van der Waals surface area contributed by atoms with Gasteiger partial charge >= 0.3 is 0 Å². The van der Waals surface area contributed by atoms with E-state index in [0.717, 1.165) is 52.8 Å². The standard InChI is InChI=1S/C21H28N2O2S/c1-14(2)22-21(25)20-18(17-10-6-7-11-19(17)26-20)13-16-9-5-4-8-12-23(16)15(3)24/h6-7,10-11,14,16H,4-5,8-9,12-13H2,1-3H3,(H,22,25). The second-order valence-corrected chi connectivity index (χ2v) is 8.51. The van der Waals surface area contributed by atoms with Crippen LogP contribution in [0.1, 0.15) is 61.7 Å². The monoisotopic (exact) mass is 372 g/mol. The number of hydrogen-bond donors (Lipinski definition) is 1. The molecule has 0 saturated carbocycles. The van der Waals surface area contributed by atoms with Crippen LogP contribution in [0.5, 0.6) is 0 Å². The highest BCUT2D eigenvalue weighted by Crippen LogP contribution is 2.34. The average molecular weight is 373 g/mol. The molecule has 1 aromatic heterocycles. The zero-order valence-electron chi connectivity index (χ0n) is 15.9. The first-order valence-electron chi connectivity index (χ1n) is 9.56. The molecule has 1 aliphatic rings. The molecular weight excluding hydrogens is 344 g/mol. The van der Waals surface area contributed by atoms with E-state index < -0.39 is 0 Å². The Kier molecular flexibility index (Phi) is 5.97. The molecule has 1 aliphatic heterocycles. The molecule has 2 aromatic rings. The van der Waals surface area contributed by atoms with Gasteiger partial charge in [-0.25, -0.2) is 0 Å². The molecule has 0 radical (unpaired) electrons. The van der Waals surface area contributed by atoms with Gasteiger partial charge in [-0.2, -0.15) is 0 Å². The van der Waals surface area contributed by atoms with Gasteiger partial charge < -0.3 is 10.2 Å². The van der Waals surface area contributed by atoms with E-state index in [1.807, 2.05) is 30.9 Å². The molecule has 3 rings (SSSR count). The van der Waals surface area contributed by atoms with Gasteiger partial charge in [-0.05, 0) is 50.1 Å². The fraction of sp³-hybridized carbons (Fsp3) is 0.524. The summed E-state index contributed by atoms with van der Waals surface area (Å²) < 4.78 is 1.14. The van der Waals surface area contributed by atoms with Crippen LogP contribution in [-0.4, -0.2) is 35.3 Å². The van der Waals surface area contributed by atoms with Gasteiger partial charge in [0.15, 0.2) is 0 Å². The molecule has 140 valence electrons. The number of hydrogen-bond acceptors (Lipinski definition) is 3. The number of rotatable bonds is 4. The van der Waals surface area contributed by atoms with Crippen molar-refractivity contribution in [2.75, 3.05) is 6.54 Å². The van der Waals surface area contributed by atoms with E-state index in [9.17, 15) is 9.59 Å². The molecular formula is C21H28N2O2S. The number of nitrogens with zero attached hydrogens (tertiary/aromatic N) is 1. The molecule has 4 nitrogen and oxygen atoms in total. The Morgan fingerprint density at radius 2 is 2.00 bits per heavy atom. The van der Waals surface area contributed by atoms with E-state index in [1.165, 1.54) is 6.42 Å². The Labute approximate surface area is 159 Å². The van der Waals surface area contributed by atoms with Crippen molar-refractivity contribution < 1.29 is 9.59 Å². The molecule has 5 heteroatoms. The summed E-state index contributed by atoms with van der Waals surface area (Å²) in [6.45, 7) is 6.45. The van der Waals surface area contributed by atoms with Crippen LogP contribution in [0.3, 0.4) is 0 Å². The lowest BCUT2D eigenvalue weighted by molar-refractivity contribution is -0.131. The summed E-state index contributed by atoms with van der Waals surface area (Å²) in [7, 11) is 0. The van der Waals surface area contributed by atoms with Crippen molar-refractivity contribution in [2.45, 2.75) is 65.0 Å². The minimum absolute atomic E-state index is 0.000744. The minimum atomic E-state index is -0.000744. The Bertz CT molecular complexity index is 796. The smallest absolute Gasteiger partial charge is 0.261 e. The van der Waals surface area contributed by atoms with Crippen LogP contribution >= 0.6 is 11.3 Å². The van der Waals surface area contributed by atoms with Crippen molar-refractivity contribution in [1.29, 1.82) is 0 Å². The van der Waals surface area contributed by atoms with Crippen LogP contribution in [0.2, 0.25) is 0 Å². The van der Waals surface area contributed by atoms with Gasteiger partial charge in [0.05, 0.1) is 4.88 Å². The Balaban J connectivity index is 1.99. The maximum absolute atomic E-state index is 12.8. The van der Waals surface area contributed by atoms with Crippen molar-refractivity contribution in [3.8, 4) is 0 Å². The van der Waals surface area contributed by atoms with Gasteiger partial charge in [-0.1, -0.05) is 31.0 Å². The molecule has 2 heterocycles. The van der Waals surface area contributed by atoms with Gasteiger partial charge in [0.2, 0.25) is 5.91 Å². The van der Waals surface area contributed by atoms with E-state index in [2.05, 4.69) is 17.4 Å². The van der Waals surface area contributed by atoms with Gasteiger partial charge in [-0.3, -0.25) is 9.59 Å². The van der Waals surface area contributed by atoms with Crippen LogP contribution in [0.25, 0.3) is 10.1 Å². The SMILES string of the molecule is CC(=O)N1CCCCCC1Cc1c(C(=O)NC(C)C)sc2ccccc12. The van der Waals surface area contributed by atoms with E-state index in [1.54, 1.807) is 18.3 Å². The molecule has 1 atom stereocenters. The van der Waals surface area contributed by atoms with Gasteiger partial charge in [-0.15, -0.1) is 11.3 Å². The first kappa shape index (κ1) is 18.9. The topological polar surface area (TPSA) is 49.4 Å². The first-order chi connectivity index (χ1) is 12.5. The molecule has 0 spiro atoms. The Morgan fingerprint density at radius 3 is 2.73 bits per heavy atom. The molecule has 1 fully saturated rings. The molecule has 1 saturated heterocycles. The number of carbonyl (C=O) groups is 2. The number of likely N-dealkylation sites (tertiary alicyclic amines) is 1. The summed E-state index contributed by atoms with van der Waals surface area (Å²) in [6.07, 6.45) is 5.15. The summed E-state index contributed by atoms with van der Waals surface area (Å²) in [5.74, 6) is 0.142. The third-order valence-corrected chi connectivity index (χ3v) is 6.26. The number of carbonyl (C=O) groups excluding carboxylic acids is 2. The Morgan fingerprint density at radius 1 is 1.23 bits per heavy atom. The molecule has 1 aromatic carbocycles. The summed E-state index contributed by atoms with van der Waals surface area (Å²) in [5, 5.41) is 4.19. The van der Waals surface area contributed by atoms with E-state index in [0.29, 0.717) is 0 Å². The number of thiophene rings is 1. The molecule has 2 amide bonds. The number of nitrogens with one attached hydrogen (secondary N) is 1. The molecule has 1 unspecified atom stereocenters. The predicted octanol–water partition coefficient (Wildman–Crippen LogP) is 4.37. The lowest BCUT2D eigenvalue weighted by Gasteiger charge is -2.29. The van der Waals surface area contributed by atoms with E-state index >= 15 is 0 Å². The summed E-state index contributed by atoms with van der Waals surface area (Å²) in [5.41, 5.74) is 1.10. The van der Waals surface area contributed by atoms with Crippen molar-refractivity contribution in [1.82, 2.24) is 10.2 Å². The largest absolute Gasteiger partial charge is 0.349 e. The Hall–Kier alpha value is -1.88. The van der Waals surface area contributed by atoms with Crippen LogP contribution in [0, 0.1) is 0 Å². The third-order valence-electron chi connectivity index (χ3n) is 5.05. The van der Waals surface area contributed by atoms with Crippen molar-refractivity contribution in [2.24, 2.45) is 0 Å². The highest BCUT2D eigenvalue weighted by Gasteiger charge is 2.27. The third kappa shape index (κ3) is 4.09. The first-order valence-corrected chi connectivity index (χ1v) is 10.4. The van der Waals surface area contributed by atoms with Crippen LogP contribution in [0.15, 0.2) is 24.3 Å². The predicted molar refractivity (Wildman–Crippen MR) is 108 cm³/mol. The van der Waals surface area contributed by atoms with Gasteiger partial charge in [0.25, 0.3) is 5.91 Å². The summed E-state index contributed by atoms with van der Waals surface area (Å²) in [6, 6.07) is 8.50. The highest BCUT2D eigenvalue weighted by molar-refractivity contribution is 7.21. The van der Waals surface area contributed by atoms with E-state index in [-0.39, 0.29) is 23.9 Å². The zero-order valence-corrected chi connectivity index (χ0v) is 16.7. The molecule has 26 heavy (non-hydrogen) atoms. The van der Waals surface area contributed by atoms with Crippen molar-refractivity contribution in [3.63, 3.8) is 0 Å². The molecule has 0 bridgehead atoms.